The lowest BCUT2D eigenvalue weighted by molar-refractivity contribution is 0.0949. The molecule has 0 aliphatic carbocycles. The third kappa shape index (κ3) is 5.40. The summed E-state index contributed by atoms with van der Waals surface area (Å²) in [5.74, 6) is 0.530. The number of nitrogens with one attached hydrogen (secondary N) is 1. The summed E-state index contributed by atoms with van der Waals surface area (Å²) in [6, 6.07) is 7.06. The zero-order valence-electron chi connectivity index (χ0n) is 16.7. The van der Waals surface area contributed by atoms with E-state index in [1.807, 2.05) is 39.0 Å². The zero-order valence-corrected chi connectivity index (χ0v) is 16.7. The van der Waals surface area contributed by atoms with Gasteiger partial charge in [0.15, 0.2) is 17.8 Å². The minimum atomic E-state index is -0.362. The number of rotatable bonds is 8. The Kier molecular flexibility index (Phi) is 6.59. The van der Waals surface area contributed by atoms with Crippen LogP contribution in [0.3, 0.4) is 0 Å². The van der Waals surface area contributed by atoms with Gasteiger partial charge >= 0.3 is 0 Å². The second-order valence-electron chi connectivity index (χ2n) is 7.05. The molecule has 0 aliphatic heterocycles. The lowest BCUT2D eigenvalue weighted by atomic mass is 10.1. The predicted molar refractivity (Wildman–Crippen MR) is 107 cm³/mol. The highest BCUT2D eigenvalue weighted by molar-refractivity contribution is 5.97. The number of pyridine rings is 1. The number of carbonyl (C=O) groups is 1. The Morgan fingerprint density at radius 1 is 1.28 bits per heavy atom. The van der Waals surface area contributed by atoms with Gasteiger partial charge in [0.05, 0.1) is 12.3 Å². The van der Waals surface area contributed by atoms with Crippen LogP contribution in [0.15, 0.2) is 47.5 Å². The number of carbonyl (C=O) groups excluding carboxylic acids is 1. The summed E-state index contributed by atoms with van der Waals surface area (Å²) in [4.78, 5) is 20.4. The van der Waals surface area contributed by atoms with Gasteiger partial charge in [0.2, 0.25) is 0 Å². The van der Waals surface area contributed by atoms with Crippen LogP contribution in [0.5, 0.6) is 5.75 Å². The Hall–Kier alpha value is -3.22. The molecule has 7 heteroatoms. The van der Waals surface area contributed by atoms with E-state index >= 15 is 0 Å². The van der Waals surface area contributed by atoms with Crippen LogP contribution in [-0.4, -0.2) is 28.5 Å². The van der Waals surface area contributed by atoms with E-state index in [1.165, 1.54) is 18.7 Å². The Balaban J connectivity index is 1.62. The molecule has 2 heterocycles. The lowest BCUT2D eigenvalue weighted by Gasteiger charge is -2.13. The van der Waals surface area contributed by atoms with Crippen LogP contribution >= 0.6 is 0 Å². The monoisotopic (exact) mass is 397 g/mol. The molecular weight excluding hydrogens is 373 g/mol. The third-order valence-corrected chi connectivity index (χ3v) is 4.27. The lowest BCUT2D eigenvalue weighted by Crippen LogP contribution is -2.25. The molecule has 0 saturated carbocycles. The number of halogens is 1. The molecule has 2 aromatic heterocycles. The molecule has 29 heavy (non-hydrogen) atoms. The van der Waals surface area contributed by atoms with Gasteiger partial charge < -0.3 is 14.5 Å². The van der Waals surface area contributed by atoms with Gasteiger partial charge in [-0.25, -0.2) is 9.37 Å². The third-order valence-electron chi connectivity index (χ3n) is 4.27. The predicted octanol–water partition coefficient (Wildman–Crippen LogP) is 4.33. The summed E-state index contributed by atoms with van der Waals surface area (Å²) in [6.07, 6.45) is 5.40. The second-order valence-corrected chi connectivity index (χ2v) is 7.05. The number of aryl methyl sites for hydroxylation is 2. The summed E-state index contributed by atoms with van der Waals surface area (Å²) in [6.45, 7) is 6.31. The highest BCUT2D eigenvalue weighted by Gasteiger charge is 2.19. The number of ether oxygens (including phenoxy) is 1. The standard InChI is InChI=1S/C22H24FN3O3/c1-14(2)29-19-7-6-17(9-15(19)3)21-20(26-13-28-21)22(27)25-8-4-5-16-10-18(23)12-24-11-16/h6-7,9-14H,4-5,8H2,1-3H3,(H,25,27). The van der Waals surface area contributed by atoms with E-state index in [0.717, 1.165) is 22.4 Å². The van der Waals surface area contributed by atoms with Crippen molar-refractivity contribution in [2.45, 2.75) is 39.7 Å². The van der Waals surface area contributed by atoms with Gasteiger partial charge in [-0.2, -0.15) is 0 Å². The Morgan fingerprint density at radius 2 is 2.10 bits per heavy atom. The molecule has 1 N–H and O–H groups in total. The topological polar surface area (TPSA) is 77.3 Å². The number of oxazole rings is 1. The first kappa shape index (κ1) is 20.5. The Morgan fingerprint density at radius 3 is 2.83 bits per heavy atom. The largest absolute Gasteiger partial charge is 0.491 e. The summed E-state index contributed by atoms with van der Waals surface area (Å²) in [5.41, 5.74) is 2.73. The van der Waals surface area contributed by atoms with Crippen molar-refractivity contribution in [1.29, 1.82) is 0 Å². The van der Waals surface area contributed by atoms with Gasteiger partial charge in [0.25, 0.3) is 5.91 Å². The smallest absolute Gasteiger partial charge is 0.273 e. The first-order valence-corrected chi connectivity index (χ1v) is 9.53. The van der Waals surface area contributed by atoms with Crippen LogP contribution < -0.4 is 10.1 Å². The number of nitrogens with zero attached hydrogens (tertiary/aromatic N) is 2. The first-order valence-electron chi connectivity index (χ1n) is 9.53. The second kappa shape index (κ2) is 9.32. The van der Waals surface area contributed by atoms with Gasteiger partial charge in [0.1, 0.15) is 11.6 Å². The van der Waals surface area contributed by atoms with Crippen LogP contribution in [0.2, 0.25) is 0 Å². The number of hydrogen-bond donors (Lipinski definition) is 1. The summed E-state index contributed by atoms with van der Waals surface area (Å²) in [7, 11) is 0. The van der Waals surface area contributed by atoms with Gasteiger partial charge in [-0.15, -0.1) is 0 Å². The van der Waals surface area contributed by atoms with Crippen molar-refractivity contribution in [2.75, 3.05) is 6.54 Å². The average molecular weight is 397 g/mol. The van der Waals surface area contributed by atoms with Crippen molar-refractivity contribution in [1.82, 2.24) is 15.3 Å². The minimum absolute atomic E-state index is 0.0781. The molecule has 0 unspecified atom stereocenters. The van der Waals surface area contributed by atoms with Crippen molar-refractivity contribution in [3.05, 3.63) is 65.7 Å². The van der Waals surface area contributed by atoms with Gasteiger partial charge in [-0.3, -0.25) is 9.78 Å². The van der Waals surface area contributed by atoms with Crippen LogP contribution in [0, 0.1) is 12.7 Å². The fourth-order valence-corrected chi connectivity index (χ4v) is 2.96. The van der Waals surface area contributed by atoms with E-state index in [4.69, 9.17) is 9.15 Å². The highest BCUT2D eigenvalue weighted by atomic mass is 19.1. The molecule has 152 valence electrons. The summed E-state index contributed by atoms with van der Waals surface area (Å²) >= 11 is 0. The molecule has 1 amide bonds. The molecule has 0 aliphatic rings. The summed E-state index contributed by atoms with van der Waals surface area (Å²) < 4.78 is 24.4. The maximum atomic E-state index is 13.2. The Labute approximate surface area is 169 Å². The highest BCUT2D eigenvalue weighted by Crippen LogP contribution is 2.29. The minimum Gasteiger partial charge on any atom is -0.491 e. The van der Waals surface area contributed by atoms with E-state index in [0.29, 0.717) is 25.1 Å². The van der Waals surface area contributed by atoms with Crippen LogP contribution in [-0.2, 0) is 6.42 Å². The molecule has 3 aromatic rings. The molecule has 0 atom stereocenters. The molecule has 1 aromatic carbocycles. The molecule has 0 radical (unpaired) electrons. The fraction of sp³-hybridized carbons (Fsp3) is 0.318. The average Bonchev–Trinajstić information content (AvgIpc) is 3.16. The van der Waals surface area contributed by atoms with Crippen molar-refractivity contribution >= 4 is 5.91 Å². The van der Waals surface area contributed by atoms with Crippen molar-refractivity contribution in [3.63, 3.8) is 0 Å². The van der Waals surface area contributed by atoms with Crippen LogP contribution in [0.1, 0.15) is 41.9 Å². The molecule has 6 nitrogen and oxygen atoms in total. The van der Waals surface area contributed by atoms with E-state index in [1.54, 1.807) is 6.20 Å². The SMILES string of the molecule is Cc1cc(-c2ocnc2C(=O)NCCCc2cncc(F)c2)ccc1OC(C)C. The van der Waals surface area contributed by atoms with E-state index in [2.05, 4.69) is 15.3 Å². The van der Waals surface area contributed by atoms with Crippen LogP contribution in [0.25, 0.3) is 11.3 Å². The van der Waals surface area contributed by atoms with Crippen molar-refractivity contribution in [2.24, 2.45) is 0 Å². The number of amides is 1. The normalized spacial score (nSPS) is 10.9. The molecule has 0 fully saturated rings. The first-order chi connectivity index (χ1) is 13.9. The number of hydrogen-bond acceptors (Lipinski definition) is 5. The van der Waals surface area contributed by atoms with Gasteiger partial charge in [0, 0.05) is 18.3 Å². The fourth-order valence-electron chi connectivity index (χ4n) is 2.96. The van der Waals surface area contributed by atoms with Gasteiger partial charge in [-0.1, -0.05) is 0 Å². The quantitative estimate of drug-likeness (QED) is 0.573. The van der Waals surface area contributed by atoms with Gasteiger partial charge in [-0.05, 0) is 69.0 Å². The molecule has 3 rings (SSSR count). The van der Waals surface area contributed by atoms with E-state index < -0.39 is 0 Å². The number of aromatic nitrogens is 2. The van der Waals surface area contributed by atoms with E-state index in [9.17, 15) is 9.18 Å². The maximum Gasteiger partial charge on any atom is 0.273 e. The van der Waals surface area contributed by atoms with E-state index in [-0.39, 0.29) is 23.5 Å². The maximum absolute atomic E-state index is 13.2. The molecule has 0 bridgehead atoms. The zero-order chi connectivity index (χ0) is 20.8. The van der Waals surface area contributed by atoms with Crippen LogP contribution in [0.4, 0.5) is 4.39 Å². The molecule has 0 saturated heterocycles. The van der Waals surface area contributed by atoms with Crippen molar-refractivity contribution in [3.8, 4) is 17.1 Å². The molecule has 0 spiro atoms. The number of benzene rings is 1. The van der Waals surface area contributed by atoms with Crippen molar-refractivity contribution < 1.29 is 18.3 Å². The molecular formula is C22H24FN3O3. The Bertz CT molecular complexity index is 985. The summed E-state index contributed by atoms with van der Waals surface area (Å²) in [5, 5.41) is 2.83.